The number of thiazole rings is 1. The highest BCUT2D eigenvalue weighted by Crippen LogP contribution is 2.33. The molecule has 3 aromatic rings. The number of carbonyl (C=O) groups excluding carboxylic acids is 1. The Hall–Kier alpha value is -3.17. The van der Waals surface area contributed by atoms with Crippen LogP contribution in [0.5, 0.6) is 11.5 Å². The van der Waals surface area contributed by atoms with Gasteiger partial charge in [0.15, 0.2) is 16.3 Å². The van der Waals surface area contributed by atoms with Crippen LogP contribution in [0.3, 0.4) is 0 Å². The molecule has 1 atom stereocenters. The van der Waals surface area contributed by atoms with Crippen LogP contribution in [0.15, 0.2) is 56.8 Å². The molecule has 1 aromatic carbocycles. The van der Waals surface area contributed by atoms with Crippen molar-refractivity contribution in [3.8, 4) is 11.5 Å². The number of hydrogen-bond acceptors (Lipinski definition) is 8. The molecule has 0 radical (unpaired) electrons. The predicted octanol–water partition coefficient (Wildman–Crippen LogP) is 4.05. The van der Waals surface area contributed by atoms with E-state index in [4.69, 9.17) is 14.2 Å². The molecule has 0 aliphatic carbocycles. The lowest BCUT2D eigenvalue weighted by molar-refractivity contribution is -0.139. The molecule has 0 amide bonds. The normalized spacial score (nSPS) is 15.5. The molecule has 0 N–H and O–H groups in total. The van der Waals surface area contributed by atoms with Crippen molar-refractivity contribution in [1.29, 1.82) is 0 Å². The maximum Gasteiger partial charge on any atom is 0.338 e. The average molecular weight is 513 g/mol. The smallest absolute Gasteiger partial charge is 0.338 e. The average Bonchev–Trinajstić information content (AvgIpc) is 3.48. The zero-order chi connectivity index (χ0) is 24.9. The van der Waals surface area contributed by atoms with E-state index in [9.17, 15) is 9.59 Å². The highest BCUT2D eigenvalue weighted by atomic mass is 32.1. The number of ether oxygens (including phenoxy) is 3. The standard InChI is InChI=1S/C26H28N2O5S2/c1-5-7-12-33-18-11-10-17(14-19(18)31-4)15-21-24(29)28-23(20-9-8-13-34-20)22(25(30)32-6-2)16(3)27-26(28)35-21/h8-11,13-15,23H,5-7,12H2,1-4H3/b21-15-/t23-/m1/s1. The van der Waals surface area contributed by atoms with Crippen LogP contribution in [-0.4, -0.2) is 30.9 Å². The predicted molar refractivity (Wildman–Crippen MR) is 138 cm³/mol. The first-order valence-electron chi connectivity index (χ1n) is 11.5. The molecule has 184 valence electrons. The second-order valence-corrected chi connectivity index (χ2v) is 9.92. The van der Waals surface area contributed by atoms with Gasteiger partial charge in [0.25, 0.3) is 5.56 Å². The summed E-state index contributed by atoms with van der Waals surface area (Å²) >= 11 is 2.79. The van der Waals surface area contributed by atoms with Crippen LogP contribution in [0.25, 0.3) is 6.08 Å². The van der Waals surface area contributed by atoms with Crippen molar-refractivity contribution in [3.05, 3.63) is 77.1 Å². The second kappa shape index (κ2) is 11.0. The molecule has 1 aliphatic rings. The summed E-state index contributed by atoms with van der Waals surface area (Å²) in [6, 6.07) is 8.86. The summed E-state index contributed by atoms with van der Waals surface area (Å²) in [5, 5.41) is 1.93. The van der Waals surface area contributed by atoms with Crippen molar-refractivity contribution in [2.24, 2.45) is 4.99 Å². The molecule has 1 aliphatic heterocycles. The molecule has 0 bridgehead atoms. The molecule has 0 unspecified atom stereocenters. The topological polar surface area (TPSA) is 79.1 Å². The molecule has 7 nitrogen and oxygen atoms in total. The maximum absolute atomic E-state index is 13.6. The maximum atomic E-state index is 13.6. The minimum Gasteiger partial charge on any atom is -0.493 e. The van der Waals surface area contributed by atoms with Crippen LogP contribution in [0, 0.1) is 0 Å². The number of nitrogens with zero attached hydrogens (tertiary/aromatic N) is 2. The Bertz CT molecular complexity index is 1420. The van der Waals surface area contributed by atoms with Gasteiger partial charge in [-0.25, -0.2) is 9.79 Å². The van der Waals surface area contributed by atoms with E-state index in [1.165, 1.54) is 22.7 Å². The highest BCUT2D eigenvalue weighted by molar-refractivity contribution is 7.10. The van der Waals surface area contributed by atoms with E-state index in [-0.39, 0.29) is 12.2 Å². The minimum absolute atomic E-state index is 0.205. The number of thiophene rings is 1. The number of aromatic nitrogens is 1. The van der Waals surface area contributed by atoms with Gasteiger partial charge in [0.2, 0.25) is 0 Å². The van der Waals surface area contributed by atoms with Crippen LogP contribution in [0.2, 0.25) is 0 Å². The minimum atomic E-state index is -0.573. The summed E-state index contributed by atoms with van der Waals surface area (Å²) in [7, 11) is 1.60. The van der Waals surface area contributed by atoms with E-state index in [1.807, 2.05) is 41.8 Å². The van der Waals surface area contributed by atoms with Crippen LogP contribution in [0.4, 0.5) is 0 Å². The quantitative estimate of drug-likeness (QED) is 0.319. The molecule has 4 rings (SSSR count). The summed E-state index contributed by atoms with van der Waals surface area (Å²) in [5.41, 5.74) is 1.56. The Morgan fingerprint density at radius 2 is 2.06 bits per heavy atom. The van der Waals surface area contributed by atoms with Gasteiger partial charge >= 0.3 is 5.97 Å². The van der Waals surface area contributed by atoms with E-state index in [2.05, 4.69) is 11.9 Å². The third kappa shape index (κ3) is 5.11. The molecule has 0 fully saturated rings. The fourth-order valence-corrected chi connectivity index (χ4v) is 5.75. The van der Waals surface area contributed by atoms with E-state index < -0.39 is 12.0 Å². The van der Waals surface area contributed by atoms with Crippen LogP contribution >= 0.6 is 22.7 Å². The number of rotatable bonds is 9. The lowest BCUT2D eigenvalue weighted by Crippen LogP contribution is -2.39. The lowest BCUT2D eigenvalue weighted by atomic mass is 10.0. The number of hydrogen-bond donors (Lipinski definition) is 0. The van der Waals surface area contributed by atoms with Gasteiger partial charge in [-0.3, -0.25) is 9.36 Å². The zero-order valence-corrected chi connectivity index (χ0v) is 21.8. The van der Waals surface area contributed by atoms with E-state index in [1.54, 1.807) is 25.5 Å². The number of carbonyl (C=O) groups is 1. The van der Waals surface area contributed by atoms with Gasteiger partial charge < -0.3 is 14.2 Å². The van der Waals surface area contributed by atoms with Crippen LogP contribution in [0.1, 0.15) is 50.1 Å². The number of fused-ring (bicyclic) bond motifs is 1. The Labute approximate surface area is 211 Å². The number of unbranched alkanes of at least 4 members (excludes halogenated alkanes) is 1. The van der Waals surface area contributed by atoms with Gasteiger partial charge in [0.1, 0.15) is 6.04 Å². The Morgan fingerprint density at radius 3 is 2.74 bits per heavy atom. The van der Waals surface area contributed by atoms with Crippen molar-refractivity contribution in [3.63, 3.8) is 0 Å². The molecule has 0 spiro atoms. The first kappa shape index (κ1) is 24.9. The third-order valence-corrected chi connectivity index (χ3v) is 7.48. The highest BCUT2D eigenvalue weighted by Gasteiger charge is 2.33. The van der Waals surface area contributed by atoms with Crippen molar-refractivity contribution in [1.82, 2.24) is 4.57 Å². The number of esters is 1. The fourth-order valence-electron chi connectivity index (χ4n) is 3.88. The molecule has 0 saturated carbocycles. The van der Waals surface area contributed by atoms with Gasteiger partial charge in [-0.15, -0.1) is 11.3 Å². The third-order valence-electron chi connectivity index (χ3n) is 5.57. The van der Waals surface area contributed by atoms with Crippen molar-refractivity contribution >= 4 is 34.7 Å². The summed E-state index contributed by atoms with van der Waals surface area (Å²) in [4.78, 5) is 32.5. The van der Waals surface area contributed by atoms with Gasteiger partial charge in [-0.2, -0.15) is 0 Å². The number of allylic oxidation sites excluding steroid dienone is 1. The van der Waals surface area contributed by atoms with Crippen molar-refractivity contribution < 1.29 is 19.0 Å². The summed E-state index contributed by atoms with van der Waals surface area (Å²) in [6.07, 6.45) is 3.83. The Morgan fingerprint density at radius 1 is 1.23 bits per heavy atom. The second-order valence-electron chi connectivity index (χ2n) is 7.93. The van der Waals surface area contributed by atoms with E-state index in [0.29, 0.717) is 38.7 Å². The summed E-state index contributed by atoms with van der Waals surface area (Å²) in [6.45, 7) is 6.52. The monoisotopic (exact) mass is 512 g/mol. The van der Waals surface area contributed by atoms with Gasteiger partial charge in [0.05, 0.1) is 36.1 Å². The molecule has 35 heavy (non-hydrogen) atoms. The van der Waals surface area contributed by atoms with Gasteiger partial charge in [-0.1, -0.05) is 36.8 Å². The largest absolute Gasteiger partial charge is 0.493 e. The lowest BCUT2D eigenvalue weighted by Gasteiger charge is -2.23. The molecular formula is C26H28N2O5S2. The first-order chi connectivity index (χ1) is 17.0. The molecular weight excluding hydrogens is 484 g/mol. The van der Waals surface area contributed by atoms with Gasteiger partial charge in [0, 0.05) is 4.88 Å². The zero-order valence-electron chi connectivity index (χ0n) is 20.2. The number of benzene rings is 1. The van der Waals surface area contributed by atoms with Crippen molar-refractivity contribution in [2.45, 2.75) is 39.7 Å². The van der Waals surface area contributed by atoms with Crippen molar-refractivity contribution in [2.75, 3.05) is 20.3 Å². The molecule has 2 aromatic heterocycles. The Balaban J connectivity index is 1.80. The molecule has 9 heteroatoms. The molecule has 3 heterocycles. The summed E-state index contributed by atoms with van der Waals surface area (Å²) in [5.74, 6) is 0.830. The van der Waals surface area contributed by atoms with E-state index in [0.717, 1.165) is 23.3 Å². The Kier molecular flexibility index (Phi) is 7.87. The molecule has 0 saturated heterocycles. The van der Waals surface area contributed by atoms with Crippen LogP contribution in [-0.2, 0) is 9.53 Å². The fraction of sp³-hybridized carbons (Fsp3) is 0.346. The summed E-state index contributed by atoms with van der Waals surface area (Å²) < 4.78 is 18.8. The van der Waals surface area contributed by atoms with Crippen LogP contribution < -0.4 is 24.4 Å². The number of methoxy groups -OCH3 is 1. The first-order valence-corrected chi connectivity index (χ1v) is 13.2. The van der Waals surface area contributed by atoms with Gasteiger partial charge in [-0.05, 0) is 55.5 Å². The van der Waals surface area contributed by atoms with E-state index >= 15 is 0 Å². The SMILES string of the molecule is CCCCOc1ccc(/C=c2\sc3n(c2=O)[C@H](c2cccs2)C(C(=O)OCC)=C(C)N=3)cc1OC.